The molecule has 0 aromatic heterocycles. The highest BCUT2D eigenvalue weighted by Gasteiger charge is 2.37. The molecule has 2 heteroatoms. The van der Waals surface area contributed by atoms with Crippen LogP contribution in [-0.2, 0) is 5.41 Å². The number of anilines is 2. The van der Waals surface area contributed by atoms with Crippen LogP contribution in [0.3, 0.4) is 0 Å². The fourth-order valence-corrected chi connectivity index (χ4v) is 10.2. The van der Waals surface area contributed by atoms with Gasteiger partial charge in [0.05, 0.1) is 0 Å². The van der Waals surface area contributed by atoms with Crippen LogP contribution in [0.4, 0.5) is 11.4 Å². The number of hydrogen-bond acceptors (Lipinski definition) is 2. The molecule has 1 aliphatic rings. The van der Waals surface area contributed by atoms with E-state index in [-0.39, 0.29) is 5.41 Å². The summed E-state index contributed by atoms with van der Waals surface area (Å²) in [6.45, 7) is 7.06. The number of nitrogen functional groups attached to an aromatic ring is 2. The first-order valence-corrected chi connectivity index (χ1v) is 24.8. The van der Waals surface area contributed by atoms with Gasteiger partial charge in [-0.1, -0.05) is 222 Å². The molecule has 1 aliphatic carbocycles. The van der Waals surface area contributed by atoms with E-state index in [4.69, 9.17) is 11.5 Å². The fourth-order valence-electron chi connectivity index (χ4n) is 10.2. The molecule has 59 heavy (non-hydrogen) atoms. The molecule has 4 aromatic rings. The highest BCUT2D eigenvalue weighted by atomic mass is 14.5. The number of hydrogen-bond donors (Lipinski definition) is 2. The summed E-state index contributed by atoms with van der Waals surface area (Å²) in [4.78, 5) is 0. The van der Waals surface area contributed by atoms with Crippen LogP contribution in [-0.4, -0.2) is 0 Å². The lowest BCUT2D eigenvalue weighted by Crippen LogP contribution is -2.32. The molecule has 2 nitrogen and oxygen atoms in total. The van der Waals surface area contributed by atoms with Crippen LogP contribution in [0.1, 0.15) is 233 Å². The number of rotatable bonds is 28. The third kappa shape index (κ3) is 14.9. The second-order valence-electron chi connectivity index (χ2n) is 18.9. The molecule has 0 aliphatic heterocycles. The number of benzene rings is 4. The molecular formula is C57H84N2. The van der Waals surface area contributed by atoms with Crippen LogP contribution in [0.2, 0.25) is 0 Å². The van der Waals surface area contributed by atoms with E-state index in [1.807, 2.05) is 0 Å². The molecule has 0 spiro atoms. The Morgan fingerprint density at radius 2 is 0.678 bits per heavy atom. The van der Waals surface area contributed by atoms with Gasteiger partial charge in [0, 0.05) is 28.6 Å². The van der Waals surface area contributed by atoms with Crippen molar-refractivity contribution < 1.29 is 0 Å². The molecule has 0 bridgehead atoms. The van der Waals surface area contributed by atoms with Gasteiger partial charge in [-0.05, 0) is 102 Å². The Labute approximate surface area is 362 Å². The van der Waals surface area contributed by atoms with E-state index in [1.165, 1.54) is 200 Å². The predicted molar refractivity (Wildman–Crippen MR) is 260 cm³/mol. The van der Waals surface area contributed by atoms with Crippen molar-refractivity contribution >= 4 is 11.4 Å². The quantitative estimate of drug-likeness (QED) is 0.0444. The Morgan fingerprint density at radius 1 is 0.407 bits per heavy atom. The maximum atomic E-state index is 6.17. The minimum Gasteiger partial charge on any atom is -0.399 e. The van der Waals surface area contributed by atoms with E-state index in [2.05, 4.69) is 118 Å². The van der Waals surface area contributed by atoms with Gasteiger partial charge in [-0.15, -0.1) is 0 Å². The minimum absolute atomic E-state index is 0.0596. The monoisotopic (exact) mass is 797 g/mol. The smallest absolute Gasteiger partial charge is 0.0314 e. The zero-order chi connectivity index (χ0) is 41.5. The minimum atomic E-state index is 0.0596. The number of nitrogens with two attached hydrogens (primary N) is 2. The standard InChI is InChI=1S/C57H84N2/c1-4-6-8-10-12-14-16-18-20-22-24-55(49-30-38-53(58)39-31-49)47-26-34-51(35-27-47)57(44-42-46(3)43-45-57)52-36-28-48(29-37-52)56(50-32-40-54(59)41-33-50)25-23-21-19-17-15-13-11-9-7-5-2/h26-41,46,55-56H,4-25,42-45,58-59H2,1-3H3. The molecule has 4 N–H and O–H groups in total. The summed E-state index contributed by atoms with van der Waals surface area (Å²) in [5.41, 5.74) is 22.8. The largest absolute Gasteiger partial charge is 0.399 e. The molecule has 0 heterocycles. The molecule has 0 radical (unpaired) electrons. The van der Waals surface area contributed by atoms with Gasteiger partial charge in [0.15, 0.2) is 0 Å². The summed E-state index contributed by atoms with van der Waals surface area (Å²) >= 11 is 0. The molecule has 0 saturated heterocycles. The van der Waals surface area contributed by atoms with E-state index in [0.717, 1.165) is 17.3 Å². The van der Waals surface area contributed by atoms with Crippen molar-refractivity contribution in [3.8, 4) is 0 Å². The molecular weight excluding hydrogens is 713 g/mol. The molecule has 4 aromatic carbocycles. The third-order valence-corrected chi connectivity index (χ3v) is 14.2. The van der Waals surface area contributed by atoms with Gasteiger partial charge < -0.3 is 11.5 Å². The predicted octanol–water partition coefficient (Wildman–Crippen LogP) is 17.2. The molecule has 1 fully saturated rings. The van der Waals surface area contributed by atoms with E-state index < -0.39 is 0 Å². The van der Waals surface area contributed by atoms with Crippen LogP contribution in [0.15, 0.2) is 97.1 Å². The summed E-state index contributed by atoms with van der Waals surface area (Å²) in [5.74, 6) is 1.59. The van der Waals surface area contributed by atoms with Crippen LogP contribution < -0.4 is 11.5 Å². The average molecular weight is 797 g/mol. The van der Waals surface area contributed by atoms with Gasteiger partial charge in [-0.3, -0.25) is 0 Å². The van der Waals surface area contributed by atoms with Crippen molar-refractivity contribution in [2.45, 2.75) is 205 Å². The van der Waals surface area contributed by atoms with Gasteiger partial charge >= 0.3 is 0 Å². The Balaban J connectivity index is 1.27. The molecule has 5 rings (SSSR count). The van der Waals surface area contributed by atoms with E-state index >= 15 is 0 Å². The van der Waals surface area contributed by atoms with Gasteiger partial charge in [0.1, 0.15) is 0 Å². The first-order chi connectivity index (χ1) is 28.9. The van der Waals surface area contributed by atoms with Gasteiger partial charge in [0.2, 0.25) is 0 Å². The Morgan fingerprint density at radius 3 is 0.983 bits per heavy atom. The topological polar surface area (TPSA) is 52.0 Å². The van der Waals surface area contributed by atoms with Crippen LogP contribution in [0.5, 0.6) is 0 Å². The third-order valence-electron chi connectivity index (χ3n) is 14.2. The SMILES string of the molecule is CCCCCCCCCCCCC(c1ccc(N)cc1)c1ccc(C2(c3ccc(C(CCCCCCCCCCCC)c4ccc(N)cc4)cc3)CCC(C)CC2)cc1. The normalized spacial score (nSPS) is 17.8. The first-order valence-electron chi connectivity index (χ1n) is 24.8. The summed E-state index contributed by atoms with van der Waals surface area (Å²) in [5, 5.41) is 0. The van der Waals surface area contributed by atoms with Gasteiger partial charge in [-0.25, -0.2) is 0 Å². The van der Waals surface area contributed by atoms with Crippen molar-refractivity contribution in [3.05, 3.63) is 130 Å². The maximum Gasteiger partial charge on any atom is 0.0314 e. The number of unbranched alkanes of at least 4 members (excludes halogenated alkanes) is 18. The highest BCUT2D eigenvalue weighted by Crippen LogP contribution is 2.47. The van der Waals surface area contributed by atoms with E-state index in [9.17, 15) is 0 Å². The lowest BCUT2D eigenvalue weighted by Gasteiger charge is -2.41. The van der Waals surface area contributed by atoms with Crippen LogP contribution in [0, 0.1) is 5.92 Å². The molecule has 0 amide bonds. The van der Waals surface area contributed by atoms with Crippen molar-refractivity contribution in [2.75, 3.05) is 11.5 Å². The Bertz CT molecular complexity index is 1540. The zero-order valence-electron chi connectivity index (χ0n) is 38.0. The summed E-state index contributed by atoms with van der Waals surface area (Å²) in [6.07, 6.45) is 34.8. The average Bonchev–Trinajstić information content (AvgIpc) is 3.26. The lowest BCUT2D eigenvalue weighted by atomic mass is 9.63. The Kier molecular flexibility index (Phi) is 20.5. The maximum absolute atomic E-state index is 6.17. The second-order valence-corrected chi connectivity index (χ2v) is 18.9. The van der Waals surface area contributed by atoms with Crippen molar-refractivity contribution in [1.29, 1.82) is 0 Å². The highest BCUT2D eigenvalue weighted by molar-refractivity contribution is 5.47. The zero-order valence-corrected chi connectivity index (χ0v) is 38.0. The molecule has 322 valence electrons. The molecule has 2 unspecified atom stereocenters. The van der Waals surface area contributed by atoms with Gasteiger partial charge in [0.25, 0.3) is 0 Å². The van der Waals surface area contributed by atoms with E-state index in [0.29, 0.717) is 11.8 Å². The fraction of sp³-hybridized carbons (Fsp3) is 0.579. The van der Waals surface area contributed by atoms with Crippen molar-refractivity contribution in [1.82, 2.24) is 0 Å². The Hall–Kier alpha value is -3.52. The lowest BCUT2D eigenvalue weighted by molar-refractivity contribution is 0.280. The van der Waals surface area contributed by atoms with Crippen LogP contribution >= 0.6 is 0 Å². The van der Waals surface area contributed by atoms with Crippen LogP contribution in [0.25, 0.3) is 0 Å². The van der Waals surface area contributed by atoms with Crippen molar-refractivity contribution in [2.24, 2.45) is 5.92 Å². The van der Waals surface area contributed by atoms with Crippen molar-refractivity contribution in [3.63, 3.8) is 0 Å². The van der Waals surface area contributed by atoms with E-state index in [1.54, 1.807) is 0 Å². The molecule has 2 atom stereocenters. The second kappa shape index (κ2) is 26.0. The molecule has 1 saturated carbocycles. The van der Waals surface area contributed by atoms with Gasteiger partial charge in [-0.2, -0.15) is 0 Å². The summed E-state index contributed by atoms with van der Waals surface area (Å²) in [7, 11) is 0. The summed E-state index contributed by atoms with van der Waals surface area (Å²) < 4.78 is 0. The summed E-state index contributed by atoms with van der Waals surface area (Å²) in [6, 6.07) is 37.4. The first kappa shape index (κ1) is 46.5.